The SMILES string of the molecule is O=CC(CCCc1ccccc1)CCCc1ccccc1. The highest BCUT2D eigenvalue weighted by atomic mass is 16.1. The third-order valence-electron chi connectivity index (χ3n) is 3.96. The van der Waals surface area contributed by atoms with Gasteiger partial charge in [-0.05, 0) is 49.7 Å². The standard InChI is InChI=1S/C20H24O/c21-17-20(15-7-13-18-9-3-1-4-10-18)16-8-14-19-11-5-2-6-12-19/h1-6,9-12,17,20H,7-8,13-16H2. The van der Waals surface area contributed by atoms with Crippen LogP contribution in [0, 0.1) is 5.92 Å². The maximum absolute atomic E-state index is 11.2. The third-order valence-corrected chi connectivity index (χ3v) is 3.96. The Morgan fingerprint density at radius 3 is 1.52 bits per heavy atom. The lowest BCUT2D eigenvalue weighted by molar-refractivity contribution is -0.111. The molecule has 0 amide bonds. The summed E-state index contributed by atoms with van der Waals surface area (Å²) < 4.78 is 0. The van der Waals surface area contributed by atoms with E-state index in [1.54, 1.807) is 0 Å². The number of rotatable bonds is 9. The van der Waals surface area contributed by atoms with Crippen molar-refractivity contribution in [1.29, 1.82) is 0 Å². The fraction of sp³-hybridized carbons (Fsp3) is 0.350. The summed E-state index contributed by atoms with van der Waals surface area (Å²) in [5.74, 6) is 0.220. The van der Waals surface area contributed by atoms with Gasteiger partial charge in [-0.25, -0.2) is 0 Å². The normalized spacial score (nSPS) is 10.7. The summed E-state index contributed by atoms with van der Waals surface area (Å²) in [6.45, 7) is 0. The molecule has 0 atom stereocenters. The molecule has 1 nitrogen and oxygen atoms in total. The molecule has 1 heteroatoms. The molecule has 0 aliphatic carbocycles. The highest BCUT2D eigenvalue weighted by Gasteiger charge is 2.07. The summed E-state index contributed by atoms with van der Waals surface area (Å²) >= 11 is 0. The Hall–Kier alpha value is -1.89. The monoisotopic (exact) mass is 280 g/mol. The van der Waals surface area contributed by atoms with Crippen molar-refractivity contribution in [1.82, 2.24) is 0 Å². The quantitative estimate of drug-likeness (QED) is 0.600. The van der Waals surface area contributed by atoms with Crippen LogP contribution in [0.25, 0.3) is 0 Å². The molecule has 0 saturated carbocycles. The van der Waals surface area contributed by atoms with Crippen LogP contribution in [0.3, 0.4) is 0 Å². The van der Waals surface area contributed by atoms with Crippen LogP contribution in [0.15, 0.2) is 60.7 Å². The van der Waals surface area contributed by atoms with Crippen LogP contribution in [0.4, 0.5) is 0 Å². The average molecular weight is 280 g/mol. The van der Waals surface area contributed by atoms with Crippen molar-refractivity contribution in [3.63, 3.8) is 0 Å². The van der Waals surface area contributed by atoms with Crippen LogP contribution < -0.4 is 0 Å². The van der Waals surface area contributed by atoms with Gasteiger partial charge >= 0.3 is 0 Å². The lowest BCUT2D eigenvalue weighted by Gasteiger charge is -2.10. The van der Waals surface area contributed by atoms with Gasteiger partial charge in [0.15, 0.2) is 0 Å². The molecule has 0 bridgehead atoms. The first kappa shape index (κ1) is 15.5. The number of carbonyl (C=O) groups is 1. The molecule has 0 unspecified atom stereocenters. The van der Waals surface area contributed by atoms with Gasteiger partial charge in [-0.2, -0.15) is 0 Å². The van der Waals surface area contributed by atoms with E-state index in [0.29, 0.717) is 0 Å². The second-order valence-electron chi connectivity index (χ2n) is 5.65. The first-order valence-electron chi connectivity index (χ1n) is 7.91. The Bertz CT molecular complexity index is 458. The van der Waals surface area contributed by atoms with E-state index in [0.717, 1.165) is 44.8 Å². The molecule has 0 radical (unpaired) electrons. The predicted molar refractivity (Wildman–Crippen MR) is 88.3 cm³/mol. The minimum absolute atomic E-state index is 0.220. The lowest BCUT2D eigenvalue weighted by Crippen LogP contribution is -2.03. The molecule has 0 fully saturated rings. The fourth-order valence-corrected chi connectivity index (χ4v) is 2.71. The number of hydrogen-bond acceptors (Lipinski definition) is 1. The number of aldehydes is 1. The maximum atomic E-state index is 11.2. The molecular formula is C20H24O. The van der Waals surface area contributed by atoms with Gasteiger partial charge in [-0.15, -0.1) is 0 Å². The molecule has 0 spiro atoms. The second kappa shape index (κ2) is 9.12. The van der Waals surface area contributed by atoms with Gasteiger partial charge in [-0.3, -0.25) is 0 Å². The van der Waals surface area contributed by atoms with Gasteiger partial charge in [-0.1, -0.05) is 60.7 Å². The van der Waals surface area contributed by atoms with Gasteiger partial charge in [0.1, 0.15) is 6.29 Å². The van der Waals surface area contributed by atoms with Crippen molar-refractivity contribution in [2.24, 2.45) is 5.92 Å². The Kier molecular flexibility index (Phi) is 6.73. The molecular weight excluding hydrogens is 256 g/mol. The van der Waals surface area contributed by atoms with Crippen molar-refractivity contribution in [3.8, 4) is 0 Å². The van der Waals surface area contributed by atoms with Gasteiger partial charge in [0.25, 0.3) is 0 Å². The Morgan fingerprint density at radius 1 is 0.714 bits per heavy atom. The van der Waals surface area contributed by atoms with E-state index >= 15 is 0 Å². The topological polar surface area (TPSA) is 17.1 Å². The largest absolute Gasteiger partial charge is 0.303 e. The van der Waals surface area contributed by atoms with E-state index in [1.807, 2.05) is 12.1 Å². The third kappa shape index (κ3) is 5.95. The summed E-state index contributed by atoms with van der Waals surface area (Å²) in [4.78, 5) is 11.2. The maximum Gasteiger partial charge on any atom is 0.123 e. The zero-order valence-electron chi connectivity index (χ0n) is 12.6. The Morgan fingerprint density at radius 2 is 1.14 bits per heavy atom. The highest BCUT2D eigenvalue weighted by molar-refractivity contribution is 5.53. The van der Waals surface area contributed by atoms with Crippen LogP contribution in [0.5, 0.6) is 0 Å². The molecule has 0 aliphatic heterocycles. The molecule has 0 saturated heterocycles. The number of aryl methyl sites for hydroxylation is 2. The summed E-state index contributed by atoms with van der Waals surface area (Å²) in [5, 5.41) is 0. The molecule has 2 rings (SSSR count). The lowest BCUT2D eigenvalue weighted by atomic mass is 9.95. The van der Waals surface area contributed by atoms with E-state index in [9.17, 15) is 4.79 Å². The second-order valence-corrected chi connectivity index (χ2v) is 5.65. The smallest absolute Gasteiger partial charge is 0.123 e. The molecule has 21 heavy (non-hydrogen) atoms. The highest BCUT2D eigenvalue weighted by Crippen LogP contribution is 2.16. The van der Waals surface area contributed by atoms with Crippen molar-refractivity contribution in [2.75, 3.05) is 0 Å². The summed E-state index contributed by atoms with van der Waals surface area (Å²) in [6.07, 6.45) is 7.50. The van der Waals surface area contributed by atoms with Crippen molar-refractivity contribution in [3.05, 3.63) is 71.8 Å². The molecule has 110 valence electrons. The molecule has 0 heterocycles. The van der Waals surface area contributed by atoms with Crippen LogP contribution in [-0.4, -0.2) is 6.29 Å². The first-order valence-corrected chi connectivity index (χ1v) is 7.91. The van der Waals surface area contributed by atoms with Crippen LogP contribution in [0.2, 0.25) is 0 Å². The van der Waals surface area contributed by atoms with E-state index in [1.165, 1.54) is 11.1 Å². The summed E-state index contributed by atoms with van der Waals surface area (Å²) in [6, 6.07) is 21.0. The van der Waals surface area contributed by atoms with E-state index in [-0.39, 0.29) is 5.92 Å². The van der Waals surface area contributed by atoms with Gasteiger partial charge in [0.2, 0.25) is 0 Å². The van der Waals surface area contributed by atoms with Gasteiger partial charge < -0.3 is 4.79 Å². The molecule has 0 N–H and O–H groups in total. The van der Waals surface area contributed by atoms with E-state index < -0.39 is 0 Å². The van der Waals surface area contributed by atoms with Crippen LogP contribution in [-0.2, 0) is 17.6 Å². The van der Waals surface area contributed by atoms with E-state index in [4.69, 9.17) is 0 Å². The van der Waals surface area contributed by atoms with Crippen LogP contribution >= 0.6 is 0 Å². The van der Waals surface area contributed by atoms with Crippen molar-refractivity contribution in [2.45, 2.75) is 38.5 Å². The minimum atomic E-state index is 0.220. The van der Waals surface area contributed by atoms with Gasteiger partial charge in [0, 0.05) is 5.92 Å². The molecule has 0 aromatic heterocycles. The molecule has 0 aliphatic rings. The first-order chi connectivity index (χ1) is 10.4. The zero-order valence-corrected chi connectivity index (χ0v) is 12.6. The number of hydrogen-bond donors (Lipinski definition) is 0. The number of carbonyl (C=O) groups excluding carboxylic acids is 1. The predicted octanol–water partition coefficient (Wildman–Crippen LogP) is 4.85. The van der Waals surface area contributed by atoms with Gasteiger partial charge in [0.05, 0.1) is 0 Å². The number of benzene rings is 2. The van der Waals surface area contributed by atoms with Crippen molar-refractivity contribution < 1.29 is 4.79 Å². The summed E-state index contributed by atoms with van der Waals surface area (Å²) in [5.41, 5.74) is 2.73. The van der Waals surface area contributed by atoms with Crippen LogP contribution in [0.1, 0.15) is 36.8 Å². The minimum Gasteiger partial charge on any atom is -0.303 e. The summed E-state index contributed by atoms with van der Waals surface area (Å²) in [7, 11) is 0. The van der Waals surface area contributed by atoms with Crippen molar-refractivity contribution >= 4 is 6.29 Å². The average Bonchev–Trinajstić information content (AvgIpc) is 2.55. The zero-order chi connectivity index (χ0) is 14.8. The Labute approximate surface area is 128 Å². The Balaban J connectivity index is 1.65. The molecule has 2 aromatic rings. The van der Waals surface area contributed by atoms with E-state index in [2.05, 4.69) is 48.5 Å². The fourth-order valence-electron chi connectivity index (χ4n) is 2.71. The molecule has 2 aromatic carbocycles.